The second kappa shape index (κ2) is 45.3. The monoisotopic (exact) mass is 822 g/mol. The molecule has 0 radical (unpaired) electrons. The van der Waals surface area contributed by atoms with Crippen molar-refractivity contribution < 1.29 is 32.8 Å². The minimum atomic E-state index is -4.29. The first-order chi connectivity index (χ1) is 27.9. The molecule has 0 aliphatic rings. The van der Waals surface area contributed by atoms with Gasteiger partial charge < -0.3 is 20.1 Å². The standard InChI is InChI=1S/C48H88NO7P/c1-3-5-7-9-11-13-15-17-19-21-22-23-24-26-28-30-32-34-36-38-40-43-53-45-47(46-55-57(51,52)54-44-42-49)56-48(50)41-39-37-35-33-31-29-27-25-20-18-16-14-12-10-8-6-4-2/h6,8,12,14,18,20,27,29,33,35,47H,3-5,7,9-11,13,15-17,19,21-26,28,30-32,34,36-46,49H2,1-2H3,(H,51,52)/b8-6-,14-12-,20-18-,29-27-,35-33-. The first kappa shape index (κ1) is 55.2. The summed E-state index contributed by atoms with van der Waals surface area (Å²) in [6.45, 7) is 4.75. The highest BCUT2D eigenvalue weighted by Crippen LogP contribution is 2.43. The second-order valence-corrected chi connectivity index (χ2v) is 16.7. The Bertz CT molecular complexity index is 1060. The molecule has 3 N–H and O–H groups in total. The van der Waals surface area contributed by atoms with E-state index in [1.54, 1.807) is 0 Å². The molecule has 0 aromatic rings. The van der Waals surface area contributed by atoms with Crippen LogP contribution in [0.25, 0.3) is 0 Å². The van der Waals surface area contributed by atoms with Crippen LogP contribution in [0.4, 0.5) is 0 Å². The lowest BCUT2D eigenvalue weighted by Gasteiger charge is -2.20. The number of carbonyl (C=O) groups excluding carboxylic acids is 1. The largest absolute Gasteiger partial charge is 0.472 e. The highest BCUT2D eigenvalue weighted by molar-refractivity contribution is 7.47. The van der Waals surface area contributed by atoms with Crippen LogP contribution < -0.4 is 5.73 Å². The molecule has 0 heterocycles. The molecule has 0 amide bonds. The van der Waals surface area contributed by atoms with E-state index < -0.39 is 13.9 Å². The van der Waals surface area contributed by atoms with Gasteiger partial charge in [0.05, 0.1) is 19.8 Å². The number of carbonyl (C=O) groups is 1. The number of hydrogen-bond donors (Lipinski definition) is 2. The smallest absolute Gasteiger partial charge is 0.457 e. The molecule has 0 saturated heterocycles. The maximum atomic E-state index is 12.6. The number of phosphoric acid groups is 1. The molecule has 9 heteroatoms. The van der Waals surface area contributed by atoms with E-state index in [0.717, 1.165) is 51.4 Å². The number of hydrogen-bond acceptors (Lipinski definition) is 7. The van der Waals surface area contributed by atoms with Gasteiger partial charge in [0.15, 0.2) is 0 Å². The Morgan fingerprint density at radius 1 is 0.544 bits per heavy atom. The van der Waals surface area contributed by atoms with Crippen LogP contribution in [-0.4, -0.2) is 49.9 Å². The van der Waals surface area contributed by atoms with Crippen molar-refractivity contribution in [3.05, 3.63) is 60.8 Å². The number of unbranched alkanes of at least 4 members (excludes halogenated alkanes) is 21. The summed E-state index contributed by atoms with van der Waals surface area (Å²) in [6.07, 6.45) is 55.5. The van der Waals surface area contributed by atoms with E-state index in [2.05, 4.69) is 74.6 Å². The molecule has 2 atom stereocenters. The molecule has 0 bridgehead atoms. The van der Waals surface area contributed by atoms with Gasteiger partial charge in [-0.05, 0) is 51.4 Å². The average Bonchev–Trinajstić information content (AvgIpc) is 3.20. The molecule has 0 aromatic heterocycles. The first-order valence-electron chi connectivity index (χ1n) is 23.3. The summed E-state index contributed by atoms with van der Waals surface area (Å²) in [6, 6.07) is 0. The van der Waals surface area contributed by atoms with Crippen LogP contribution in [0.3, 0.4) is 0 Å². The van der Waals surface area contributed by atoms with E-state index in [1.807, 2.05) is 0 Å². The third kappa shape index (κ3) is 45.1. The van der Waals surface area contributed by atoms with Gasteiger partial charge in [0.25, 0.3) is 0 Å². The Labute approximate surface area is 351 Å². The Morgan fingerprint density at radius 3 is 1.40 bits per heavy atom. The summed E-state index contributed by atoms with van der Waals surface area (Å²) in [5, 5.41) is 0. The zero-order valence-corrected chi connectivity index (χ0v) is 37.7. The van der Waals surface area contributed by atoms with Crippen molar-refractivity contribution in [2.45, 2.75) is 206 Å². The molecule has 2 unspecified atom stereocenters. The third-order valence-electron chi connectivity index (χ3n) is 9.70. The molecule has 57 heavy (non-hydrogen) atoms. The van der Waals surface area contributed by atoms with E-state index in [0.29, 0.717) is 13.0 Å². The molecule has 0 saturated carbocycles. The number of rotatable bonds is 44. The Hall–Kier alpha value is -1.80. The maximum absolute atomic E-state index is 12.6. The molecule has 0 fully saturated rings. The van der Waals surface area contributed by atoms with Crippen molar-refractivity contribution in [1.29, 1.82) is 0 Å². The second-order valence-electron chi connectivity index (χ2n) is 15.2. The van der Waals surface area contributed by atoms with Gasteiger partial charge in [0.1, 0.15) is 6.10 Å². The molecule has 0 rings (SSSR count). The van der Waals surface area contributed by atoms with Crippen LogP contribution >= 0.6 is 7.82 Å². The summed E-state index contributed by atoms with van der Waals surface area (Å²) in [4.78, 5) is 22.5. The quantitative estimate of drug-likeness (QED) is 0.0270. The van der Waals surface area contributed by atoms with Crippen molar-refractivity contribution in [1.82, 2.24) is 0 Å². The summed E-state index contributed by atoms with van der Waals surface area (Å²) in [7, 11) is -4.29. The molecule has 0 aliphatic carbocycles. The lowest BCUT2D eigenvalue weighted by Crippen LogP contribution is -2.28. The van der Waals surface area contributed by atoms with E-state index in [9.17, 15) is 14.3 Å². The van der Waals surface area contributed by atoms with E-state index >= 15 is 0 Å². The van der Waals surface area contributed by atoms with Crippen LogP contribution in [0.15, 0.2) is 60.8 Å². The highest BCUT2D eigenvalue weighted by Gasteiger charge is 2.25. The van der Waals surface area contributed by atoms with Crippen molar-refractivity contribution in [2.24, 2.45) is 5.73 Å². The molecule has 332 valence electrons. The van der Waals surface area contributed by atoms with Gasteiger partial charge in [-0.1, -0.05) is 203 Å². The Morgan fingerprint density at radius 2 is 0.965 bits per heavy atom. The predicted octanol–water partition coefficient (Wildman–Crippen LogP) is 14.1. The lowest BCUT2D eigenvalue weighted by molar-refractivity contribution is -0.154. The highest BCUT2D eigenvalue weighted by atomic mass is 31.2. The summed E-state index contributed by atoms with van der Waals surface area (Å²) >= 11 is 0. The Balaban J connectivity index is 4.04. The summed E-state index contributed by atoms with van der Waals surface area (Å²) < 4.78 is 33.4. The maximum Gasteiger partial charge on any atom is 0.472 e. The predicted molar refractivity (Wildman–Crippen MR) is 242 cm³/mol. The van der Waals surface area contributed by atoms with E-state index in [4.69, 9.17) is 24.3 Å². The van der Waals surface area contributed by atoms with Crippen molar-refractivity contribution >= 4 is 13.8 Å². The molecule has 0 spiro atoms. The van der Waals surface area contributed by atoms with Gasteiger partial charge >= 0.3 is 13.8 Å². The van der Waals surface area contributed by atoms with Crippen LogP contribution in [0.1, 0.15) is 200 Å². The minimum absolute atomic E-state index is 0.0901. The van der Waals surface area contributed by atoms with Crippen molar-refractivity contribution in [2.75, 3.05) is 33.0 Å². The van der Waals surface area contributed by atoms with Crippen LogP contribution in [-0.2, 0) is 27.9 Å². The summed E-state index contributed by atoms with van der Waals surface area (Å²) in [5.74, 6) is -0.385. The Kier molecular flexibility index (Phi) is 43.9. The fourth-order valence-corrected chi connectivity index (χ4v) is 7.09. The third-order valence-corrected chi connectivity index (χ3v) is 10.7. The molecule has 0 aromatic carbocycles. The van der Waals surface area contributed by atoms with E-state index in [1.165, 1.54) is 122 Å². The summed E-state index contributed by atoms with van der Waals surface area (Å²) in [5.41, 5.74) is 5.37. The zero-order valence-electron chi connectivity index (χ0n) is 36.8. The van der Waals surface area contributed by atoms with Crippen molar-refractivity contribution in [3.63, 3.8) is 0 Å². The molecule has 0 aliphatic heterocycles. The van der Waals surface area contributed by atoms with Gasteiger partial charge in [-0.3, -0.25) is 13.8 Å². The van der Waals surface area contributed by atoms with Gasteiger partial charge in [0, 0.05) is 19.6 Å². The van der Waals surface area contributed by atoms with Crippen LogP contribution in [0, 0.1) is 0 Å². The fraction of sp³-hybridized carbons (Fsp3) is 0.771. The number of ether oxygens (including phenoxy) is 2. The number of phosphoric ester groups is 1. The van der Waals surface area contributed by atoms with Crippen LogP contribution in [0.5, 0.6) is 0 Å². The van der Waals surface area contributed by atoms with Gasteiger partial charge in [-0.2, -0.15) is 0 Å². The zero-order chi connectivity index (χ0) is 41.6. The van der Waals surface area contributed by atoms with E-state index in [-0.39, 0.29) is 38.8 Å². The fourth-order valence-electron chi connectivity index (χ4n) is 6.33. The van der Waals surface area contributed by atoms with Crippen LogP contribution in [0.2, 0.25) is 0 Å². The SMILES string of the molecule is CC/C=C\C/C=C\C/C=C\C/C=C\C/C=C\CCCC(=O)OC(COCCCCCCCCCCCCCCCCCCCCCCC)COP(=O)(O)OCCN. The normalized spacial score (nSPS) is 14.0. The number of allylic oxidation sites excluding steroid dienone is 10. The number of esters is 1. The average molecular weight is 822 g/mol. The minimum Gasteiger partial charge on any atom is -0.457 e. The first-order valence-corrected chi connectivity index (χ1v) is 24.8. The molecular formula is C48H88NO7P. The molecular weight excluding hydrogens is 734 g/mol. The number of nitrogens with two attached hydrogens (primary N) is 1. The van der Waals surface area contributed by atoms with Crippen molar-refractivity contribution in [3.8, 4) is 0 Å². The van der Waals surface area contributed by atoms with Gasteiger partial charge in [0.2, 0.25) is 0 Å². The topological polar surface area (TPSA) is 117 Å². The molecule has 8 nitrogen and oxygen atoms in total. The van der Waals surface area contributed by atoms with Gasteiger partial charge in [-0.25, -0.2) is 4.57 Å². The van der Waals surface area contributed by atoms with Gasteiger partial charge in [-0.15, -0.1) is 0 Å². The lowest BCUT2D eigenvalue weighted by atomic mass is 10.0.